The second kappa shape index (κ2) is 6.25. The lowest BCUT2D eigenvalue weighted by atomic mass is 9.87. The Bertz CT molecular complexity index is 1020. The van der Waals surface area contributed by atoms with Crippen LogP contribution >= 0.6 is 12.6 Å². The van der Waals surface area contributed by atoms with Crippen molar-refractivity contribution < 1.29 is 10.2 Å². The monoisotopic (exact) mass is 364 g/mol. The zero-order valence-electron chi connectivity index (χ0n) is 14.6. The molecule has 4 rings (SSSR count). The molecule has 5 heteroatoms. The van der Waals surface area contributed by atoms with Gasteiger partial charge in [-0.25, -0.2) is 0 Å². The number of aromatic hydroxyl groups is 2. The molecule has 1 aliphatic rings. The maximum absolute atomic E-state index is 10.3. The second-order valence-electron chi connectivity index (χ2n) is 6.94. The van der Waals surface area contributed by atoms with Crippen molar-refractivity contribution in [2.24, 2.45) is 5.92 Å². The molecule has 0 saturated carbocycles. The molecular formula is C21H20N2O2S. The third-order valence-electron chi connectivity index (χ3n) is 4.95. The number of nitrogens with zero attached hydrogens (tertiary/aromatic N) is 1. The highest BCUT2D eigenvalue weighted by Crippen LogP contribution is 2.45. The van der Waals surface area contributed by atoms with E-state index in [-0.39, 0.29) is 11.5 Å². The fraction of sp³-hybridized carbons (Fsp3) is 0.190. The van der Waals surface area contributed by atoms with Gasteiger partial charge in [-0.3, -0.25) is 5.10 Å². The molecule has 0 radical (unpaired) electrons. The summed E-state index contributed by atoms with van der Waals surface area (Å²) >= 11 is 4.54. The third-order valence-corrected chi connectivity index (χ3v) is 5.28. The highest BCUT2D eigenvalue weighted by Gasteiger charge is 2.25. The number of H-pyrrole nitrogens is 1. The van der Waals surface area contributed by atoms with E-state index in [1.165, 1.54) is 17.2 Å². The quantitative estimate of drug-likeness (QED) is 0.482. The van der Waals surface area contributed by atoms with Crippen LogP contribution in [-0.2, 0) is 0 Å². The van der Waals surface area contributed by atoms with Crippen molar-refractivity contribution in [3.05, 3.63) is 53.6 Å². The van der Waals surface area contributed by atoms with Gasteiger partial charge in [0, 0.05) is 23.1 Å². The Hall–Kier alpha value is -2.66. The zero-order chi connectivity index (χ0) is 18.4. The lowest BCUT2D eigenvalue weighted by molar-refractivity contribution is 0.452. The molecule has 132 valence electrons. The number of aromatic nitrogens is 2. The first kappa shape index (κ1) is 16.8. The van der Waals surface area contributed by atoms with Crippen molar-refractivity contribution >= 4 is 18.7 Å². The number of nitrogens with one attached hydrogen (secondary N) is 1. The molecular weight excluding hydrogens is 344 g/mol. The molecule has 0 bridgehead atoms. The Morgan fingerprint density at radius 1 is 1.12 bits per heavy atom. The second-order valence-corrected chi connectivity index (χ2v) is 7.36. The van der Waals surface area contributed by atoms with E-state index in [1.54, 1.807) is 12.1 Å². The maximum atomic E-state index is 10.3. The fourth-order valence-corrected chi connectivity index (χ4v) is 3.96. The number of thiol groups is 1. The van der Waals surface area contributed by atoms with Crippen LogP contribution in [0.25, 0.3) is 28.5 Å². The van der Waals surface area contributed by atoms with Gasteiger partial charge in [-0.05, 0) is 34.7 Å². The smallest absolute Gasteiger partial charge is 0.128 e. The molecule has 1 unspecified atom stereocenters. The van der Waals surface area contributed by atoms with Crippen molar-refractivity contribution in [2.45, 2.75) is 24.8 Å². The Balaban J connectivity index is 1.92. The van der Waals surface area contributed by atoms with Crippen LogP contribution in [0.2, 0.25) is 0 Å². The summed E-state index contributed by atoms with van der Waals surface area (Å²) in [4.78, 5) is 0. The molecule has 4 nitrogen and oxygen atoms in total. The van der Waals surface area contributed by atoms with Crippen molar-refractivity contribution in [3.8, 4) is 33.9 Å². The number of hydrogen-bond acceptors (Lipinski definition) is 4. The normalized spacial score (nSPS) is 15.6. The van der Waals surface area contributed by atoms with E-state index >= 15 is 0 Å². The standard InChI is InChI=1S/C21H20N2O2S/c1-11(2)13-8-9-15-14(13)4-3-5-16(15)19-20(22-23-21(19)26)17-7-6-12(24)10-18(17)25/h3-11,13,24-25H,1-2H3,(H2,22,23,26). The number of allylic oxidation sites excluding steroid dienone is 1. The van der Waals surface area contributed by atoms with Crippen LogP contribution in [0.5, 0.6) is 11.5 Å². The summed E-state index contributed by atoms with van der Waals surface area (Å²) in [5.41, 5.74) is 5.60. The summed E-state index contributed by atoms with van der Waals surface area (Å²) < 4.78 is 0. The van der Waals surface area contributed by atoms with E-state index in [2.05, 4.69) is 67.0 Å². The summed E-state index contributed by atoms with van der Waals surface area (Å²) in [6.07, 6.45) is 4.41. The number of benzene rings is 2. The van der Waals surface area contributed by atoms with Gasteiger partial charge >= 0.3 is 0 Å². The van der Waals surface area contributed by atoms with Crippen LogP contribution in [0.3, 0.4) is 0 Å². The molecule has 1 atom stereocenters. The van der Waals surface area contributed by atoms with Crippen molar-refractivity contribution in [2.75, 3.05) is 0 Å². The van der Waals surface area contributed by atoms with Crippen molar-refractivity contribution in [3.63, 3.8) is 0 Å². The van der Waals surface area contributed by atoms with Crippen molar-refractivity contribution in [1.29, 1.82) is 0 Å². The van der Waals surface area contributed by atoms with Crippen LogP contribution in [0.4, 0.5) is 0 Å². The number of hydrogen-bond donors (Lipinski definition) is 4. The van der Waals surface area contributed by atoms with Crippen LogP contribution < -0.4 is 0 Å². The molecule has 2 aromatic carbocycles. The molecule has 0 saturated heterocycles. The van der Waals surface area contributed by atoms with Gasteiger partial charge in [0.25, 0.3) is 0 Å². The van der Waals surface area contributed by atoms with Crippen LogP contribution in [0.1, 0.15) is 30.9 Å². The van der Waals surface area contributed by atoms with E-state index in [9.17, 15) is 10.2 Å². The lowest BCUT2D eigenvalue weighted by Gasteiger charge is -2.17. The Kier molecular flexibility index (Phi) is 4.04. The minimum atomic E-state index is -0.00795. The Labute approximate surface area is 157 Å². The number of rotatable bonds is 3. The molecule has 0 fully saturated rings. The summed E-state index contributed by atoms with van der Waals surface area (Å²) in [6, 6.07) is 10.8. The first-order valence-corrected chi connectivity index (χ1v) is 9.03. The molecule has 0 amide bonds. The van der Waals surface area contributed by atoms with Gasteiger partial charge in [0.2, 0.25) is 0 Å². The first-order valence-electron chi connectivity index (χ1n) is 8.58. The topological polar surface area (TPSA) is 69.1 Å². The molecule has 3 N–H and O–H groups in total. The van der Waals surface area contributed by atoms with E-state index < -0.39 is 0 Å². The summed E-state index contributed by atoms with van der Waals surface area (Å²) in [7, 11) is 0. The van der Waals surface area contributed by atoms with Crippen LogP contribution in [0, 0.1) is 5.92 Å². The molecule has 1 aromatic heterocycles. The number of aromatic amines is 1. The van der Waals surface area contributed by atoms with E-state index in [0.717, 1.165) is 11.1 Å². The van der Waals surface area contributed by atoms with E-state index in [1.807, 2.05) is 0 Å². The Morgan fingerprint density at radius 2 is 1.92 bits per heavy atom. The molecule has 3 aromatic rings. The lowest BCUT2D eigenvalue weighted by Crippen LogP contribution is -2.02. The summed E-state index contributed by atoms with van der Waals surface area (Å²) in [6.45, 7) is 4.44. The minimum absolute atomic E-state index is 0.00795. The summed E-state index contributed by atoms with van der Waals surface area (Å²) in [5.74, 6) is 0.919. The zero-order valence-corrected chi connectivity index (χ0v) is 15.5. The maximum Gasteiger partial charge on any atom is 0.128 e. The molecule has 0 aliphatic heterocycles. The predicted octanol–water partition coefficient (Wildman–Crippen LogP) is 5.21. The van der Waals surface area contributed by atoms with Gasteiger partial charge in [0.15, 0.2) is 0 Å². The van der Waals surface area contributed by atoms with E-state index in [4.69, 9.17) is 0 Å². The average molecular weight is 364 g/mol. The average Bonchev–Trinajstić information content (AvgIpc) is 3.18. The number of phenolic OH excluding ortho intramolecular Hbond substituents is 2. The van der Waals surface area contributed by atoms with E-state index in [0.29, 0.717) is 28.1 Å². The Morgan fingerprint density at radius 3 is 2.65 bits per heavy atom. The largest absolute Gasteiger partial charge is 0.508 e. The van der Waals surface area contributed by atoms with Gasteiger partial charge in [-0.1, -0.05) is 44.2 Å². The predicted molar refractivity (Wildman–Crippen MR) is 107 cm³/mol. The molecule has 26 heavy (non-hydrogen) atoms. The summed E-state index contributed by atoms with van der Waals surface area (Å²) in [5, 5.41) is 27.7. The van der Waals surface area contributed by atoms with Gasteiger partial charge in [0.05, 0.1) is 5.69 Å². The first-order chi connectivity index (χ1) is 12.5. The number of phenols is 2. The van der Waals surface area contributed by atoms with Gasteiger partial charge in [-0.15, -0.1) is 12.6 Å². The van der Waals surface area contributed by atoms with Crippen LogP contribution in [-0.4, -0.2) is 20.4 Å². The van der Waals surface area contributed by atoms with Gasteiger partial charge in [-0.2, -0.15) is 5.10 Å². The van der Waals surface area contributed by atoms with Gasteiger partial charge in [0.1, 0.15) is 16.5 Å². The molecule has 1 aliphatic carbocycles. The van der Waals surface area contributed by atoms with Crippen LogP contribution in [0.15, 0.2) is 47.5 Å². The number of fused-ring (bicyclic) bond motifs is 1. The highest BCUT2D eigenvalue weighted by molar-refractivity contribution is 7.80. The SMILES string of the molecule is CC(C)C1C=Cc2c(-c3c(S)n[nH]c3-c3ccc(O)cc3O)cccc21. The fourth-order valence-electron chi connectivity index (χ4n) is 3.68. The minimum Gasteiger partial charge on any atom is -0.508 e. The van der Waals surface area contributed by atoms with Crippen molar-refractivity contribution in [1.82, 2.24) is 10.2 Å². The third kappa shape index (κ3) is 2.59. The van der Waals surface area contributed by atoms with Gasteiger partial charge < -0.3 is 10.2 Å². The molecule has 0 spiro atoms. The highest BCUT2D eigenvalue weighted by atomic mass is 32.1. The molecule has 1 heterocycles.